The molecule has 0 saturated heterocycles. The Labute approximate surface area is 83.3 Å². The van der Waals surface area contributed by atoms with Crippen LogP contribution in [-0.2, 0) is 18.4 Å². The smallest absolute Gasteiger partial charge is 0.224 e. The fourth-order valence-electron chi connectivity index (χ4n) is 1.01. The maximum Gasteiger partial charge on any atom is 0.224 e. The average Bonchev–Trinajstić information content (AvgIpc) is 2.59. The molecule has 78 valence electrons. The lowest BCUT2D eigenvalue weighted by Crippen LogP contribution is -2.33. The number of hydrogen-bond donors (Lipinski definition) is 2. The topological polar surface area (TPSA) is 72.9 Å². The van der Waals surface area contributed by atoms with E-state index in [1.54, 1.807) is 13.1 Å². The minimum Gasteiger partial charge on any atom is -0.349 e. The van der Waals surface area contributed by atoms with Crippen molar-refractivity contribution in [1.82, 2.24) is 14.9 Å². The highest BCUT2D eigenvalue weighted by Crippen LogP contribution is 1.95. The molecular weight excluding hydrogens is 180 g/mol. The molecular formula is C9H16N4O. The molecule has 0 aliphatic carbocycles. The van der Waals surface area contributed by atoms with Gasteiger partial charge in [-0.1, -0.05) is 6.92 Å². The Morgan fingerprint density at radius 1 is 1.79 bits per heavy atom. The summed E-state index contributed by atoms with van der Waals surface area (Å²) < 4.78 is 1.87. The number of aryl methyl sites for hydroxylation is 1. The van der Waals surface area contributed by atoms with Crippen LogP contribution in [0.5, 0.6) is 0 Å². The molecule has 0 bridgehead atoms. The fourth-order valence-corrected chi connectivity index (χ4v) is 1.01. The molecule has 1 unspecified atom stereocenters. The van der Waals surface area contributed by atoms with Crippen LogP contribution in [0.25, 0.3) is 0 Å². The van der Waals surface area contributed by atoms with E-state index in [2.05, 4.69) is 10.3 Å². The average molecular weight is 196 g/mol. The van der Waals surface area contributed by atoms with Crippen LogP contribution in [-0.4, -0.2) is 22.0 Å². The third kappa shape index (κ3) is 2.56. The number of nitrogens with one attached hydrogen (secondary N) is 1. The van der Waals surface area contributed by atoms with Crippen molar-refractivity contribution < 1.29 is 4.79 Å². The van der Waals surface area contributed by atoms with Crippen molar-refractivity contribution in [3.8, 4) is 0 Å². The molecule has 0 aromatic carbocycles. The molecule has 1 amide bonds. The SMILES string of the molecule is CC(CN)C(=O)NCc1nccn1C. The lowest BCUT2D eigenvalue weighted by molar-refractivity contribution is -0.124. The van der Waals surface area contributed by atoms with Gasteiger partial charge in [0.2, 0.25) is 5.91 Å². The van der Waals surface area contributed by atoms with Crippen LogP contribution in [0.2, 0.25) is 0 Å². The van der Waals surface area contributed by atoms with Gasteiger partial charge in [-0.2, -0.15) is 0 Å². The predicted molar refractivity (Wildman–Crippen MR) is 53.3 cm³/mol. The van der Waals surface area contributed by atoms with Crippen LogP contribution in [0.3, 0.4) is 0 Å². The number of carbonyl (C=O) groups excluding carboxylic acids is 1. The third-order valence-electron chi connectivity index (χ3n) is 2.14. The summed E-state index contributed by atoms with van der Waals surface area (Å²) in [6, 6.07) is 0. The van der Waals surface area contributed by atoms with E-state index >= 15 is 0 Å². The number of aromatic nitrogens is 2. The van der Waals surface area contributed by atoms with Gasteiger partial charge in [-0.15, -0.1) is 0 Å². The lowest BCUT2D eigenvalue weighted by Gasteiger charge is -2.09. The molecule has 0 aliphatic rings. The van der Waals surface area contributed by atoms with Crippen molar-refractivity contribution in [1.29, 1.82) is 0 Å². The lowest BCUT2D eigenvalue weighted by atomic mass is 10.2. The normalized spacial score (nSPS) is 12.5. The zero-order valence-corrected chi connectivity index (χ0v) is 8.53. The Bertz CT molecular complexity index is 308. The van der Waals surface area contributed by atoms with Crippen LogP contribution in [0, 0.1) is 5.92 Å². The first-order valence-electron chi connectivity index (χ1n) is 4.59. The number of hydrogen-bond acceptors (Lipinski definition) is 3. The zero-order valence-electron chi connectivity index (χ0n) is 8.53. The summed E-state index contributed by atoms with van der Waals surface area (Å²) in [6.45, 7) is 2.62. The van der Waals surface area contributed by atoms with Gasteiger partial charge in [0.05, 0.1) is 6.54 Å². The highest BCUT2D eigenvalue weighted by Gasteiger charge is 2.10. The Morgan fingerprint density at radius 2 is 2.50 bits per heavy atom. The summed E-state index contributed by atoms with van der Waals surface area (Å²) in [4.78, 5) is 15.4. The molecule has 3 N–H and O–H groups in total. The Hall–Kier alpha value is -1.36. The van der Waals surface area contributed by atoms with Crippen LogP contribution in [0.15, 0.2) is 12.4 Å². The van der Waals surface area contributed by atoms with E-state index in [1.807, 2.05) is 17.8 Å². The van der Waals surface area contributed by atoms with E-state index < -0.39 is 0 Å². The molecule has 0 saturated carbocycles. The molecule has 1 aromatic heterocycles. The summed E-state index contributed by atoms with van der Waals surface area (Å²) in [5.41, 5.74) is 5.37. The van der Waals surface area contributed by atoms with Crippen LogP contribution >= 0.6 is 0 Å². The van der Waals surface area contributed by atoms with E-state index in [0.29, 0.717) is 13.1 Å². The van der Waals surface area contributed by atoms with Crippen molar-refractivity contribution in [2.45, 2.75) is 13.5 Å². The molecule has 0 radical (unpaired) electrons. The molecule has 5 nitrogen and oxygen atoms in total. The molecule has 1 atom stereocenters. The quantitative estimate of drug-likeness (QED) is 0.690. The van der Waals surface area contributed by atoms with Gasteiger partial charge in [0.1, 0.15) is 5.82 Å². The summed E-state index contributed by atoms with van der Waals surface area (Å²) in [6.07, 6.45) is 3.54. The molecule has 0 spiro atoms. The first-order chi connectivity index (χ1) is 6.65. The maximum absolute atomic E-state index is 11.4. The van der Waals surface area contributed by atoms with Gasteiger partial charge in [-0.3, -0.25) is 4.79 Å². The van der Waals surface area contributed by atoms with E-state index in [-0.39, 0.29) is 11.8 Å². The van der Waals surface area contributed by atoms with E-state index in [9.17, 15) is 4.79 Å². The minimum absolute atomic E-state index is 0.0319. The zero-order chi connectivity index (χ0) is 10.6. The predicted octanol–water partition coefficient (Wildman–Crippen LogP) is -0.369. The maximum atomic E-state index is 11.4. The monoisotopic (exact) mass is 196 g/mol. The number of nitrogens with zero attached hydrogens (tertiary/aromatic N) is 2. The van der Waals surface area contributed by atoms with Crippen LogP contribution in [0.1, 0.15) is 12.7 Å². The number of amides is 1. The second-order valence-electron chi connectivity index (χ2n) is 3.31. The summed E-state index contributed by atoms with van der Waals surface area (Å²) in [7, 11) is 1.89. The van der Waals surface area contributed by atoms with Gasteiger partial charge < -0.3 is 15.6 Å². The first kappa shape index (κ1) is 10.7. The van der Waals surface area contributed by atoms with Crippen molar-refractivity contribution in [2.75, 3.05) is 6.54 Å². The van der Waals surface area contributed by atoms with Gasteiger partial charge in [-0.05, 0) is 0 Å². The summed E-state index contributed by atoms with van der Waals surface area (Å²) in [5.74, 6) is 0.660. The van der Waals surface area contributed by atoms with E-state index in [1.165, 1.54) is 0 Å². The van der Waals surface area contributed by atoms with Crippen molar-refractivity contribution in [2.24, 2.45) is 18.7 Å². The number of imidazole rings is 1. The van der Waals surface area contributed by atoms with Crippen LogP contribution < -0.4 is 11.1 Å². The second kappa shape index (κ2) is 4.76. The van der Waals surface area contributed by atoms with Gasteiger partial charge in [0.25, 0.3) is 0 Å². The fraction of sp³-hybridized carbons (Fsp3) is 0.556. The van der Waals surface area contributed by atoms with E-state index in [0.717, 1.165) is 5.82 Å². The molecule has 0 aliphatic heterocycles. The van der Waals surface area contributed by atoms with Gasteiger partial charge in [0.15, 0.2) is 0 Å². The Kier molecular flexibility index (Phi) is 3.64. The highest BCUT2D eigenvalue weighted by molar-refractivity contribution is 5.78. The molecule has 0 fully saturated rings. The minimum atomic E-state index is -0.143. The van der Waals surface area contributed by atoms with Gasteiger partial charge in [0, 0.05) is 31.9 Å². The second-order valence-corrected chi connectivity index (χ2v) is 3.31. The number of rotatable bonds is 4. The number of nitrogens with two attached hydrogens (primary N) is 1. The number of carbonyl (C=O) groups is 1. The van der Waals surface area contributed by atoms with Gasteiger partial charge in [-0.25, -0.2) is 4.98 Å². The van der Waals surface area contributed by atoms with E-state index in [4.69, 9.17) is 5.73 Å². The Morgan fingerprint density at radius 3 is 3.00 bits per heavy atom. The molecule has 1 heterocycles. The molecule has 1 rings (SSSR count). The third-order valence-corrected chi connectivity index (χ3v) is 2.14. The summed E-state index contributed by atoms with van der Waals surface area (Å²) >= 11 is 0. The summed E-state index contributed by atoms with van der Waals surface area (Å²) in [5, 5.41) is 2.77. The van der Waals surface area contributed by atoms with Crippen molar-refractivity contribution in [3.05, 3.63) is 18.2 Å². The Balaban J connectivity index is 2.41. The standard InChI is InChI=1S/C9H16N4O/c1-7(5-10)9(14)12-6-8-11-3-4-13(8)2/h3-4,7H,5-6,10H2,1-2H3,(H,12,14). The van der Waals surface area contributed by atoms with Crippen LogP contribution in [0.4, 0.5) is 0 Å². The molecule has 5 heteroatoms. The first-order valence-corrected chi connectivity index (χ1v) is 4.59. The van der Waals surface area contributed by atoms with Gasteiger partial charge >= 0.3 is 0 Å². The molecule has 1 aromatic rings. The largest absolute Gasteiger partial charge is 0.349 e. The molecule has 14 heavy (non-hydrogen) atoms. The highest BCUT2D eigenvalue weighted by atomic mass is 16.1. The van der Waals surface area contributed by atoms with Crippen molar-refractivity contribution in [3.63, 3.8) is 0 Å². The van der Waals surface area contributed by atoms with Crippen molar-refractivity contribution >= 4 is 5.91 Å².